The summed E-state index contributed by atoms with van der Waals surface area (Å²) in [7, 11) is 4.13. The van der Waals surface area contributed by atoms with Gasteiger partial charge >= 0.3 is 0 Å². The second kappa shape index (κ2) is 6.81. The zero-order valence-electron chi connectivity index (χ0n) is 14.9. The van der Waals surface area contributed by atoms with Gasteiger partial charge in [-0.2, -0.15) is 0 Å². The predicted octanol–water partition coefficient (Wildman–Crippen LogP) is 2.21. The quantitative estimate of drug-likeness (QED) is 0.832. The summed E-state index contributed by atoms with van der Waals surface area (Å²) in [4.78, 5) is 17.8. The topological polar surface area (TPSA) is 69.7 Å². The predicted molar refractivity (Wildman–Crippen MR) is 94.6 cm³/mol. The molecule has 2 aliphatic rings. The number of ether oxygens (including phenoxy) is 1. The molecule has 0 fully saturated rings. The summed E-state index contributed by atoms with van der Waals surface area (Å²) in [5.41, 5.74) is 8.00. The van der Waals surface area contributed by atoms with Gasteiger partial charge in [0.2, 0.25) is 5.90 Å². The van der Waals surface area contributed by atoms with Crippen molar-refractivity contribution in [3.63, 3.8) is 0 Å². The molecule has 1 aromatic heterocycles. The molecule has 1 amide bonds. The van der Waals surface area contributed by atoms with E-state index in [2.05, 4.69) is 34.5 Å². The highest BCUT2D eigenvalue weighted by atomic mass is 16.5. The molecule has 3 rings (SSSR count). The number of hydrazone groups is 1. The standard InChI is InChI=1S/C18H26N4O2/c1-11(2)24-18-13(17(23)20-21-18)9-16-14(10-22(3)4)12-7-5-6-8-15(12)19-16/h9,11,19H,5-8,10H2,1-4H3,(H,20,23). The molecule has 6 nitrogen and oxygen atoms in total. The van der Waals surface area contributed by atoms with Crippen molar-refractivity contribution in [3.8, 4) is 0 Å². The largest absolute Gasteiger partial charge is 0.473 e. The van der Waals surface area contributed by atoms with E-state index in [-0.39, 0.29) is 12.0 Å². The number of aromatic amines is 1. The van der Waals surface area contributed by atoms with Crippen LogP contribution in [0.1, 0.15) is 49.2 Å². The summed E-state index contributed by atoms with van der Waals surface area (Å²) in [5.74, 6) is 0.160. The van der Waals surface area contributed by atoms with Crippen LogP contribution >= 0.6 is 0 Å². The molecule has 0 unspecified atom stereocenters. The van der Waals surface area contributed by atoms with E-state index in [4.69, 9.17) is 4.74 Å². The molecule has 1 aliphatic heterocycles. The van der Waals surface area contributed by atoms with Gasteiger partial charge in [0.15, 0.2) is 0 Å². The highest BCUT2D eigenvalue weighted by Crippen LogP contribution is 2.29. The first kappa shape index (κ1) is 16.8. The summed E-state index contributed by atoms with van der Waals surface area (Å²) in [5, 5.41) is 4.01. The SMILES string of the molecule is CC(C)OC1=NNC(=O)C1=Cc1[nH]c2c(c1CN(C)C)CCCC2. The Bertz CT molecular complexity index is 698. The first-order valence-corrected chi connectivity index (χ1v) is 8.59. The van der Waals surface area contributed by atoms with Crippen LogP contribution in [0.5, 0.6) is 0 Å². The number of fused-ring (bicyclic) bond motifs is 1. The van der Waals surface area contributed by atoms with Crippen LogP contribution < -0.4 is 5.43 Å². The van der Waals surface area contributed by atoms with Crippen LogP contribution in [0.25, 0.3) is 6.08 Å². The smallest absolute Gasteiger partial charge is 0.277 e. The van der Waals surface area contributed by atoms with Gasteiger partial charge in [0.25, 0.3) is 5.91 Å². The molecule has 0 saturated carbocycles. The van der Waals surface area contributed by atoms with E-state index < -0.39 is 0 Å². The molecule has 2 heterocycles. The molecule has 6 heteroatoms. The second-order valence-corrected chi connectivity index (χ2v) is 7.00. The van der Waals surface area contributed by atoms with Crippen LogP contribution in [-0.4, -0.2) is 41.9 Å². The molecule has 0 saturated heterocycles. The lowest BCUT2D eigenvalue weighted by atomic mass is 9.94. The molecule has 24 heavy (non-hydrogen) atoms. The van der Waals surface area contributed by atoms with Gasteiger partial charge in [-0.05, 0) is 70.8 Å². The van der Waals surface area contributed by atoms with Crippen molar-refractivity contribution in [2.75, 3.05) is 14.1 Å². The van der Waals surface area contributed by atoms with Crippen LogP contribution in [0.3, 0.4) is 0 Å². The van der Waals surface area contributed by atoms with Gasteiger partial charge in [0, 0.05) is 17.9 Å². The molecule has 1 aliphatic carbocycles. The van der Waals surface area contributed by atoms with Crippen molar-refractivity contribution in [3.05, 3.63) is 28.1 Å². The molecule has 130 valence electrons. The summed E-state index contributed by atoms with van der Waals surface area (Å²) in [6, 6.07) is 0. The number of nitrogens with one attached hydrogen (secondary N) is 2. The Kier molecular flexibility index (Phi) is 4.76. The summed E-state index contributed by atoms with van der Waals surface area (Å²) >= 11 is 0. The summed E-state index contributed by atoms with van der Waals surface area (Å²) < 4.78 is 5.66. The van der Waals surface area contributed by atoms with Crippen LogP contribution in [0, 0.1) is 0 Å². The zero-order valence-corrected chi connectivity index (χ0v) is 14.9. The number of carbonyl (C=O) groups excluding carboxylic acids is 1. The number of nitrogens with zero attached hydrogens (tertiary/aromatic N) is 2. The number of hydrogen-bond donors (Lipinski definition) is 2. The molecule has 0 radical (unpaired) electrons. The fourth-order valence-electron chi connectivity index (χ4n) is 3.30. The lowest BCUT2D eigenvalue weighted by Gasteiger charge is -2.15. The van der Waals surface area contributed by atoms with Crippen molar-refractivity contribution in [1.82, 2.24) is 15.3 Å². The van der Waals surface area contributed by atoms with E-state index in [0.717, 1.165) is 25.1 Å². The monoisotopic (exact) mass is 330 g/mol. The minimum Gasteiger partial charge on any atom is -0.473 e. The fourth-order valence-corrected chi connectivity index (χ4v) is 3.30. The van der Waals surface area contributed by atoms with Gasteiger partial charge in [-0.25, -0.2) is 5.43 Å². The Morgan fingerprint density at radius 3 is 2.75 bits per heavy atom. The average Bonchev–Trinajstić information content (AvgIpc) is 3.02. The van der Waals surface area contributed by atoms with Gasteiger partial charge in [-0.3, -0.25) is 4.79 Å². The van der Waals surface area contributed by atoms with Crippen molar-refractivity contribution >= 4 is 17.9 Å². The lowest BCUT2D eigenvalue weighted by Crippen LogP contribution is -2.17. The second-order valence-electron chi connectivity index (χ2n) is 7.00. The number of hydrogen-bond acceptors (Lipinski definition) is 4. The van der Waals surface area contributed by atoms with E-state index >= 15 is 0 Å². The fraction of sp³-hybridized carbons (Fsp3) is 0.556. The highest BCUT2D eigenvalue weighted by Gasteiger charge is 2.27. The van der Waals surface area contributed by atoms with Crippen LogP contribution in [0.4, 0.5) is 0 Å². The molecule has 2 N–H and O–H groups in total. The third-order valence-corrected chi connectivity index (χ3v) is 4.29. The van der Waals surface area contributed by atoms with E-state index in [1.54, 1.807) is 0 Å². The van der Waals surface area contributed by atoms with Gasteiger partial charge < -0.3 is 14.6 Å². The number of H-pyrrole nitrogens is 1. The Balaban J connectivity index is 2.00. The summed E-state index contributed by atoms with van der Waals surface area (Å²) in [6.45, 7) is 4.70. The maximum absolute atomic E-state index is 12.1. The first-order chi connectivity index (χ1) is 11.5. The maximum Gasteiger partial charge on any atom is 0.277 e. The number of aromatic nitrogens is 1. The van der Waals surface area contributed by atoms with Crippen molar-refractivity contribution in [1.29, 1.82) is 0 Å². The van der Waals surface area contributed by atoms with E-state index in [1.807, 2.05) is 19.9 Å². The molecule has 0 spiro atoms. The Hall–Kier alpha value is -2.08. The van der Waals surface area contributed by atoms with E-state index in [1.165, 1.54) is 29.7 Å². The number of amides is 1. The molecular formula is C18H26N4O2. The van der Waals surface area contributed by atoms with Gasteiger partial charge in [0.1, 0.15) is 5.57 Å². The summed E-state index contributed by atoms with van der Waals surface area (Å²) in [6.07, 6.45) is 6.49. The minimum absolute atomic E-state index is 0.0297. The normalized spacial score (nSPS) is 19.0. The molecular weight excluding hydrogens is 304 g/mol. The maximum atomic E-state index is 12.1. The third kappa shape index (κ3) is 3.38. The number of carbonyl (C=O) groups is 1. The average molecular weight is 330 g/mol. The third-order valence-electron chi connectivity index (χ3n) is 4.29. The lowest BCUT2D eigenvalue weighted by molar-refractivity contribution is -0.116. The van der Waals surface area contributed by atoms with E-state index in [9.17, 15) is 4.79 Å². The van der Waals surface area contributed by atoms with Crippen molar-refractivity contribution < 1.29 is 9.53 Å². The highest BCUT2D eigenvalue weighted by molar-refractivity contribution is 6.24. The van der Waals surface area contributed by atoms with Gasteiger partial charge in [-0.15, -0.1) is 5.10 Å². The van der Waals surface area contributed by atoms with Crippen LogP contribution in [-0.2, 0) is 28.9 Å². The molecule has 0 aromatic carbocycles. The van der Waals surface area contributed by atoms with E-state index in [0.29, 0.717) is 11.5 Å². The van der Waals surface area contributed by atoms with Crippen molar-refractivity contribution in [2.45, 2.75) is 52.2 Å². The molecule has 0 bridgehead atoms. The van der Waals surface area contributed by atoms with Gasteiger partial charge in [-0.1, -0.05) is 0 Å². The van der Waals surface area contributed by atoms with Crippen LogP contribution in [0.15, 0.2) is 10.7 Å². The molecule has 0 atom stereocenters. The zero-order chi connectivity index (χ0) is 17.3. The Labute approximate surface area is 142 Å². The number of rotatable bonds is 4. The molecule has 1 aromatic rings. The number of aryl methyl sites for hydroxylation is 1. The minimum atomic E-state index is -0.214. The van der Waals surface area contributed by atoms with Crippen LogP contribution in [0.2, 0.25) is 0 Å². The van der Waals surface area contributed by atoms with Gasteiger partial charge in [0.05, 0.1) is 6.10 Å². The first-order valence-electron chi connectivity index (χ1n) is 8.59. The Morgan fingerprint density at radius 1 is 1.29 bits per heavy atom. The Morgan fingerprint density at radius 2 is 2.04 bits per heavy atom. The van der Waals surface area contributed by atoms with Crippen molar-refractivity contribution in [2.24, 2.45) is 5.10 Å².